The van der Waals surface area contributed by atoms with Crippen LogP contribution in [-0.2, 0) is 0 Å². The summed E-state index contributed by atoms with van der Waals surface area (Å²) in [5.74, 6) is 1.03. The molecule has 2 atom stereocenters. The smallest absolute Gasteiger partial charge is 0.269 e. The number of nitrogens with zero attached hydrogens (tertiary/aromatic N) is 1. The minimum atomic E-state index is -0.510. The highest BCUT2D eigenvalue weighted by Crippen LogP contribution is 2.37. The van der Waals surface area contributed by atoms with E-state index in [2.05, 4.69) is 5.32 Å². The summed E-state index contributed by atoms with van der Waals surface area (Å²) < 4.78 is 10.8. The van der Waals surface area contributed by atoms with Crippen LogP contribution >= 0.6 is 0 Å². The van der Waals surface area contributed by atoms with Crippen molar-refractivity contribution in [1.82, 2.24) is 5.32 Å². The fourth-order valence-electron chi connectivity index (χ4n) is 4.71. The van der Waals surface area contributed by atoms with Crippen LogP contribution in [0.25, 0.3) is 0 Å². The Labute approximate surface area is 209 Å². The van der Waals surface area contributed by atoms with Crippen LogP contribution in [-0.4, -0.2) is 36.9 Å². The minimum Gasteiger partial charge on any atom is -0.493 e. The molecule has 2 unspecified atom stereocenters. The summed E-state index contributed by atoms with van der Waals surface area (Å²) in [7, 11) is 3.21. The van der Waals surface area contributed by atoms with Gasteiger partial charge in [0.1, 0.15) is 0 Å². The first-order chi connectivity index (χ1) is 17.4. The Balaban J connectivity index is 1.46. The fourth-order valence-corrected chi connectivity index (χ4v) is 4.71. The normalized spacial score (nSPS) is 17.2. The molecule has 1 fully saturated rings. The Hall–Kier alpha value is -4.20. The van der Waals surface area contributed by atoms with Gasteiger partial charge in [0.15, 0.2) is 17.3 Å². The van der Waals surface area contributed by atoms with E-state index in [1.807, 2.05) is 18.2 Å². The molecule has 1 aliphatic rings. The number of carbonyl (C=O) groups is 2. The van der Waals surface area contributed by atoms with Crippen LogP contribution in [0.5, 0.6) is 11.5 Å². The van der Waals surface area contributed by atoms with E-state index in [0.29, 0.717) is 28.2 Å². The lowest BCUT2D eigenvalue weighted by molar-refractivity contribution is -0.384. The molecular formula is C28H28N2O6. The molecule has 3 aromatic rings. The van der Waals surface area contributed by atoms with E-state index in [1.165, 1.54) is 24.3 Å². The van der Waals surface area contributed by atoms with Gasteiger partial charge in [-0.2, -0.15) is 0 Å². The molecule has 4 rings (SSSR count). The summed E-state index contributed by atoms with van der Waals surface area (Å²) in [6, 6.07) is 17.8. The summed E-state index contributed by atoms with van der Waals surface area (Å²) in [5.41, 5.74) is 2.24. The van der Waals surface area contributed by atoms with Crippen molar-refractivity contribution in [3.8, 4) is 11.5 Å². The van der Waals surface area contributed by atoms with Crippen molar-refractivity contribution in [1.29, 1.82) is 0 Å². The highest BCUT2D eigenvalue weighted by atomic mass is 16.6. The molecule has 1 amide bonds. The zero-order chi connectivity index (χ0) is 25.7. The van der Waals surface area contributed by atoms with Gasteiger partial charge in [0.25, 0.3) is 11.6 Å². The van der Waals surface area contributed by atoms with Crippen molar-refractivity contribution in [3.05, 3.63) is 99.1 Å². The van der Waals surface area contributed by atoms with Gasteiger partial charge >= 0.3 is 0 Å². The summed E-state index contributed by atoms with van der Waals surface area (Å²) in [6.07, 6.45) is 3.97. The van der Waals surface area contributed by atoms with Gasteiger partial charge in [0.2, 0.25) is 0 Å². The Morgan fingerprint density at radius 1 is 0.833 bits per heavy atom. The third-order valence-corrected chi connectivity index (χ3v) is 6.67. The SMILES string of the molecule is COc1ccc(C2CCCCC2NC(=O)c2ccc(C(=O)c3ccc([N+](=O)[O-])cc3)cc2)cc1OC. The molecule has 3 aromatic carbocycles. The lowest BCUT2D eigenvalue weighted by Crippen LogP contribution is -2.41. The second-order valence-corrected chi connectivity index (χ2v) is 8.80. The number of ether oxygens (including phenoxy) is 2. The van der Waals surface area contributed by atoms with Crippen molar-refractivity contribution in [3.63, 3.8) is 0 Å². The maximum atomic E-state index is 13.1. The molecule has 0 saturated heterocycles. The molecule has 36 heavy (non-hydrogen) atoms. The molecule has 186 valence electrons. The molecule has 0 aromatic heterocycles. The van der Waals surface area contributed by atoms with E-state index in [1.54, 1.807) is 38.5 Å². The number of methoxy groups -OCH3 is 2. The number of nitrogens with one attached hydrogen (secondary N) is 1. The highest BCUT2D eigenvalue weighted by molar-refractivity contribution is 6.09. The first kappa shape index (κ1) is 24.9. The van der Waals surface area contributed by atoms with E-state index < -0.39 is 4.92 Å². The molecule has 0 aliphatic heterocycles. The van der Waals surface area contributed by atoms with Gasteiger partial charge in [0, 0.05) is 40.8 Å². The van der Waals surface area contributed by atoms with Crippen LogP contribution in [0.15, 0.2) is 66.7 Å². The Kier molecular flexibility index (Phi) is 7.63. The Morgan fingerprint density at radius 2 is 1.42 bits per heavy atom. The zero-order valence-electron chi connectivity index (χ0n) is 20.2. The van der Waals surface area contributed by atoms with Crippen molar-refractivity contribution in [2.24, 2.45) is 0 Å². The Morgan fingerprint density at radius 3 is 2.03 bits per heavy atom. The number of carbonyl (C=O) groups excluding carboxylic acids is 2. The lowest BCUT2D eigenvalue weighted by atomic mass is 9.79. The van der Waals surface area contributed by atoms with Gasteiger partial charge in [0.05, 0.1) is 19.1 Å². The predicted octanol–water partition coefficient (Wildman–Crippen LogP) is 5.30. The maximum Gasteiger partial charge on any atom is 0.269 e. The van der Waals surface area contributed by atoms with Crippen LogP contribution < -0.4 is 14.8 Å². The number of benzene rings is 3. The first-order valence-corrected chi connectivity index (χ1v) is 11.8. The molecule has 0 bridgehead atoms. The van der Waals surface area contributed by atoms with Crippen LogP contribution in [0.2, 0.25) is 0 Å². The Bertz CT molecular complexity index is 1250. The summed E-state index contributed by atoms with van der Waals surface area (Å²) in [5, 5.41) is 14.0. The van der Waals surface area contributed by atoms with Crippen molar-refractivity contribution < 1.29 is 24.0 Å². The van der Waals surface area contributed by atoms with E-state index in [-0.39, 0.29) is 29.3 Å². The van der Waals surface area contributed by atoms with Crippen molar-refractivity contribution in [2.75, 3.05) is 14.2 Å². The number of non-ortho nitro benzene ring substituents is 1. The third kappa shape index (κ3) is 5.38. The third-order valence-electron chi connectivity index (χ3n) is 6.67. The van der Waals surface area contributed by atoms with Crippen LogP contribution in [0.1, 0.15) is 63.4 Å². The molecule has 0 heterocycles. The number of rotatable bonds is 8. The van der Waals surface area contributed by atoms with Gasteiger partial charge in [-0.25, -0.2) is 0 Å². The number of nitro benzene ring substituents is 1. The van der Waals surface area contributed by atoms with Gasteiger partial charge in [-0.15, -0.1) is 0 Å². The minimum absolute atomic E-state index is 0.0224. The average molecular weight is 489 g/mol. The topological polar surface area (TPSA) is 108 Å². The second-order valence-electron chi connectivity index (χ2n) is 8.80. The standard InChI is InChI=1S/C28H28N2O6/c1-35-25-16-13-21(17-26(25)36-2)23-5-3-4-6-24(23)29-28(32)20-9-7-18(8-10-20)27(31)19-11-14-22(15-12-19)30(33)34/h7-17,23-24H,3-6H2,1-2H3,(H,29,32). The summed E-state index contributed by atoms with van der Waals surface area (Å²) in [6.45, 7) is 0. The van der Waals surface area contributed by atoms with Gasteiger partial charge < -0.3 is 14.8 Å². The fraction of sp³-hybridized carbons (Fsp3) is 0.286. The van der Waals surface area contributed by atoms with E-state index >= 15 is 0 Å². The number of ketones is 1. The van der Waals surface area contributed by atoms with Crippen LogP contribution in [0, 0.1) is 10.1 Å². The lowest BCUT2D eigenvalue weighted by Gasteiger charge is -2.33. The maximum absolute atomic E-state index is 13.1. The molecule has 8 heteroatoms. The summed E-state index contributed by atoms with van der Waals surface area (Å²) >= 11 is 0. The molecule has 1 N–H and O–H groups in total. The van der Waals surface area contributed by atoms with E-state index in [4.69, 9.17) is 9.47 Å². The summed E-state index contributed by atoms with van der Waals surface area (Å²) in [4.78, 5) is 36.1. The van der Waals surface area contributed by atoms with Gasteiger partial charge in [-0.05, 0) is 54.8 Å². The van der Waals surface area contributed by atoms with Gasteiger partial charge in [-0.3, -0.25) is 19.7 Å². The first-order valence-electron chi connectivity index (χ1n) is 11.8. The van der Waals surface area contributed by atoms with Crippen molar-refractivity contribution >= 4 is 17.4 Å². The average Bonchev–Trinajstić information content (AvgIpc) is 2.92. The van der Waals surface area contributed by atoms with Gasteiger partial charge in [-0.1, -0.05) is 31.0 Å². The largest absolute Gasteiger partial charge is 0.493 e. The number of nitro groups is 1. The molecule has 1 saturated carbocycles. The quantitative estimate of drug-likeness (QED) is 0.262. The molecule has 0 radical (unpaired) electrons. The van der Waals surface area contributed by atoms with E-state index in [9.17, 15) is 19.7 Å². The molecule has 1 aliphatic carbocycles. The molecular weight excluding hydrogens is 460 g/mol. The predicted molar refractivity (Wildman–Crippen MR) is 135 cm³/mol. The monoisotopic (exact) mass is 488 g/mol. The molecule has 0 spiro atoms. The zero-order valence-corrected chi connectivity index (χ0v) is 20.2. The second kappa shape index (κ2) is 11.0. The van der Waals surface area contributed by atoms with Crippen LogP contribution in [0.4, 0.5) is 5.69 Å². The molecule has 8 nitrogen and oxygen atoms in total. The number of hydrogen-bond donors (Lipinski definition) is 1. The number of hydrogen-bond acceptors (Lipinski definition) is 6. The number of amides is 1. The van der Waals surface area contributed by atoms with Crippen LogP contribution in [0.3, 0.4) is 0 Å². The van der Waals surface area contributed by atoms with E-state index in [0.717, 1.165) is 31.2 Å². The highest BCUT2D eigenvalue weighted by Gasteiger charge is 2.29. The van der Waals surface area contributed by atoms with Crippen molar-refractivity contribution in [2.45, 2.75) is 37.6 Å².